The molecule has 0 bridgehead atoms. The number of nitrogens with one attached hydrogen (secondary N) is 1. The van der Waals surface area contributed by atoms with Crippen molar-refractivity contribution in [1.82, 2.24) is 15.2 Å². The molecule has 2 aliphatic rings. The third-order valence-electron chi connectivity index (χ3n) is 4.75. The van der Waals surface area contributed by atoms with Gasteiger partial charge in [0.05, 0.1) is 19.9 Å². The van der Waals surface area contributed by atoms with E-state index in [1.54, 1.807) is 20.4 Å². The first-order valence-electron chi connectivity index (χ1n) is 7.86. The number of nitrogens with zero attached hydrogens (tertiary/aromatic N) is 2. The van der Waals surface area contributed by atoms with Crippen molar-refractivity contribution in [2.45, 2.75) is 44.3 Å². The van der Waals surface area contributed by atoms with Crippen molar-refractivity contribution in [1.29, 1.82) is 0 Å². The van der Waals surface area contributed by atoms with E-state index in [0.717, 1.165) is 23.7 Å². The van der Waals surface area contributed by atoms with Crippen LogP contribution in [0.1, 0.15) is 31.4 Å². The quantitative estimate of drug-likeness (QED) is 0.896. The molecule has 2 unspecified atom stereocenters. The van der Waals surface area contributed by atoms with Crippen molar-refractivity contribution in [3.8, 4) is 11.5 Å². The number of piperidine rings is 1. The summed E-state index contributed by atoms with van der Waals surface area (Å²) >= 11 is 0. The lowest BCUT2D eigenvalue weighted by atomic mass is 9.99. The minimum atomic E-state index is 0.572. The van der Waals surface area contributed by atoms with Gasteiger partial charge in [-0.25, -0.2) is 0 Å². The molecule has 0 saturated carbocycles. The largest absolute Gasteiger partial charge is 0.493 e. The van der Waals surface area contributed by atoms with Crippen LogP contribution in [0.2, 0.25) is 0 Å². The molecule has 0 spiro atoms. The molecule has 0 aliphatic carbocycles. The summed E-state index contributed by atoms with van der Waals surface area (Å²) in [5, 5.41) is 3.68. The summed E-state index contributed by atoms with van der Waals surface area (Å²) in [5.41, 5.74) is 0.922. The second-order valence-electron chi connectivity index (χ2n) is 5.87. The van der Waals surface area contributed by atoms with Gasteiger partial charge in [-0.3, -0.25) is 9.88 Å². The molecular weight excluding hydrogens is 266 g/mol. The van der Waals surface area contributed by atoms with E-state index in [2.05, 4.69) is 15.2 Å². The van der Waals surface area contributed by atoms with Crippen LogP contribution in [0.4, 0.5) is 0 Å². The molecule has 1 N–H and O–H groups in total. The molecule has 1 aromatic rings. The first-order chi connectivity index (χ1) is 10.3. The maximum absolute atomic E-state index is 5.45. The molecule has 3 heterocycles. The molecule has 2 aliphatic heterocycles. The van der Waals surface area contributed by atoms with E-state index in [4.69, 9.17) is 9.47 Å². The van der Waals surface area contributed by atoms with Crippen molar-refractivity contribution in [2.24, 2.45) is 0 Å². The molecule has 1 aromatic heterocycles. The smallest absolute Gasteiger partial charge is 0.183 e. The summed E-state index contributed by atoms with van der Waals surface area (Å²) < 4.78 is 10.8. The number of pyridine rings is 1. The lowest BCUT2D eigenvalue weighted by Crippen LogP contribution is -2.44. The Hall–Kier alpha value is -1.33. The lowest BCUT2D eigenvalue weighted by Gasteiger charge is -2.32. The van der Waals surface area contributed by atoms with Crippen LogP contribution >= 0.6 is 0 Å². The number of fused-ring (bicyclic) bond motifs is 1. The van der Waals surface area contributed by atoms with E-state index in [0.29, 0.717) is 12.1 Å². The van der Waals surface area contributed by atoms with Crippen LogP contribution < -0.4 is 14.8 Å². The Labute approximate surface area is 126 Å². The predicted octanol–water partition coefficient (Wildman–Crippen LogP) is 1.82. The molecule has 116 valence electrons. The van der Waals surface area contributed by atoms with Crippen molar-refractivity contribution >= 4 is 0 Å². The lowest BCUT2D eigenvalue weighted by molar-refractivity contribution is 0.180. The average molecular weight is 291 g/mol. The third kappa shape index (κ3) is 2.99. The summed E-state index contributed by atoms with van der Waals surface area (Å²) in [5.74, 6) is 1.49. The summed E-state index contributed by atoms with van der Waals surface area (Å²) in [4.78, 5) is 7.08. The molecule has 5 nitrogen and oxygen atoms in total. The highest BCUT2D eigenvalue weighted by Gasteiger charge is 2.35. The van der Waals surface area contributed by atoms with Crippen molar-refractivity contribution in [2.75, 3.05) is 27.3 Å². The fraction of sp³-hybridized carbons (Fsp3) is 0.688. The van der Waals surface area contributed by atoms with Gasteiger partial charge in [-0.05, 0) is 25.8 Å². The number of methoxy groups -OCH3 is 2. The Morgan fingerprint density at radius 3 is 2.95 bits per heavy atom. The molecule has 0 radical (unpaired) electrons. The molecule has 0 amide bonds. The van der Waals surface area contributed by atoms with Gasteiger partial charge < -0.3 is 14.8 Å². The predicted molar refractivity (Wildman–Crippen MR) is 81.8 cm³/mol. The monoisotopic (exact) mass is 291 g/mol. The SMILES string of the molecule is COc1ccnc(CNC2CCN3CCCCC23)c1OC. The Balaban J connectivity index is 1.65. The fourth-order valence-corrected chi connectivity index (χ4v) is 3.69. The van der Waals surface area contributed by atoms with Gasteiger partial charge in [0, 0.05) is 37.4 Å². The van der Waals surface area contributed by atoms with Crippen LogP contribution in [-0.4, -0.2) is 49.3 Å². The van der Waals surface area contributed by atoms with Crippen LogP contribution in [0.25, 0.3) is 0 Å². The Morgan fingerprint density at radius 1 is 1.24 bits per heavy atom. The number of rotatable bonds is 5. The molecule has 5 heteroatoms. The van der Waals surface area contributed by atoms with Crippen LogP contribution in [0.5, 0.6) is 11.5 Å². The molecule has 0 aromatic carbocycles. The van der Waals surface area contributed by atoms with E-state index in [1.165, 1.54) is 38.8 Å². The normalized spacial score (nSPS) is 25.6. The van der Waals surface area contributed by atoms with E-state index < -0.39 is 0 Å². The van der Waals surface area contributed by atoms with E-state index in [9.17, 15) is 0 Å². The van der Waals surface area contributed by atoms with Gasteiger partial charge in [0.15, 0.2) is 11.5 Å². The van der Waals surface area contributed by atoms with Crippen LogP contribution in [0.3, 0.4) is 0 Å². The van der Waals surface area contributed by atoms with Gasteiger partial charge >= 0.3 is 0 Å². The molecule has 2 saturated heterocycles. The Bertz CT molecular complexity index is 481. The number of aromatic nitrogens is 1. The van der Waals surface area contributed by atoms with Crippen molar-refractivity contribution in [3.63, 3.8) is 0 Å². The minimum Gasteiger partial charge on any atom is -0.493 e. The zero-order valence-electron chi connectivity index (χ0n) is 13.0. The van der Waals surface area contributed by atoms with Gasteiger partial charge in [-0.15, -0.1) is 0 Å². The van der Waals surface area contributed by atoms with Gasteiger partial charge in [-0.2, -0.15) is 0 Å². The van der Waals surface area contributed by atoms with Crippen LogP contribution in [0.15, 0.2) is 12.3 Å². The van der Waals surface area contributed by atoms with Gasteiger partial charge in [-0.1, -0.05) is 6.42 Å². The van der Waals surface area contributed by atoms with E-state index >= 15 is 0 Å². The molecule has 3 rings (SSSR count). The Morgan fingerprint density at radius 2 is 2.14 bits per heavy atom. The Kier molecular flexibility index (Phi) is 4.60. The van der Waals surface area contributed by atoms with Gasteiger partial charge in [0.1, 0.15) is 0 Å². The summed E-state index contributed by atoms with van der Waals surface area (Å²) in [6.07, 6.45) is 7.05. The summed E-state index contributed by atoms with van der Waals surface area (Å²) in [6, 6.07) is 3.11. The van der Waals surface area contributed by atoms with E-state index in [1.807, 2.05) is 6.07 Å². The third-order valence-corrected chi connectivity index (χ3v) is 4.75. The maximum atomic E-state index is 5.45. The topological polar surface area (TPSA) is 46.6 Å². The number of hydrogen-bond acceptors (Lipinski definition) is 5. The minimum absolute atomic E-state index is 0.572. The second kappa shape index (κ2) is 6.62. The highest BCUT2D eigenvalue weighted by Crippen LogP contribution is 2.30. The van der Waals surface area contributed by atoms with Gasteiger partial charge in [0.25, 0.3) is 0 Å². The average Bonchev–Trinajstić information content (AvgIpc) is 2.95. The molecule has 21 heavy (non-hydrogen) atoms. The first-order valence-corrected chi connectivity index (χ1v) is 7.86. The van der Waals surface area contributed by atoms with Crippen molar-refractivity contribution in [3.05, 3.63) is 18.0 Å². The van der Waals surface area contributed by atoms with Crippen LogP contribution in [0, 0.1) is 0 Å². The second-order valence-corrected chi connectivity index (χ2v) is 5.87. The number of hydrogen-bond donors (Lipinski definition) is 1. The summed E-state index contributed by atoms with van der Waals surface area (Å²) in [7, 11) is 3.33. The highest BCUT2D eigenvalue weighted by molar-refractivity contribution is 5.42. The number of ether oxygens (including phenoxy) is 2. The fourth-order valence-electron chi connectivity index (χ4n) is 3.69. The zero-order valence-corrected chi connectivity index (χ0v) is 13.0. The first kappa shape index (κ1) is 14.6. The van der Waals surface area contributed by atoms with Gasteiger partial charge in [0.2, 0.25) is 0 Å². The zero-order chi connectivity index (χ0) is 14.7. The molecule has 2 fully saturated rings. The molecular formula is C16H25N3O2. The maximum Gasteiger partial charge on any atom is 0.183 e. The molecule has 2 atom stereocenters. The van der Waals surface area contributed by atoms with Crippen LogP contribution in [-0.2, 0) is 6.54 Å². The standard InChI is InChI=1S/C16H25N3O2/c1-20-15-6-8-17-13(16(15)21-2)11-18-12-7-10-19-9-4-3-5-14(12)19/h6,8,12,14,18H,3-5,7,9-11H2,1-2H3. The highest BCUT2D eigenvalue weighted by atomic mass is 16.5. The van der Waals surface area contributed by atoms with Crippen molar-refractivity contribution < 1.29 is 9.47 Å². The van der Waals surface area contributed by atoms with E-state index in [-0.39, 0.29) is 0 Å². The summed E-state index contributed by atoms with van der Waals surface area (Å²) in [6.45, 7) is 3.23.